The van der Waals surface area contributed by atoms with Gasteiger partial charge in [0, 0.05) is 28.9 Å². The minimum absolute atomic E-state index is 0.00754. The molecule has 3 aliphatic rings. The molecule has 0 bridgehead atoms. The number of aliphatic carboxylic acids is 1. The van der Waals surface area contributed by atoms with Gasteiger partial charge in [-0.2, -0.15) is 0 Å². The molecule has 1 unspecified atom stereocenters. The highest BCUT2D eigenvalue weighted by Gasteiger charge is 2.55. The van der Waals surface area contributed by atoms with Gasteiger partial charge in [-0.1, -0.05) is 76.6 Å². The van der Waals surface area contributed by atoms with Gasteiger partial charge < -0.3 is 19.5 Å². The molecule has 2 fully saturated rings. The Bertz CT molecular complexity index is 1340. The van der Waals surface area contributed by atoms with Gasteiger partial charge in [-0.25, -0.2) is 9.59 Å². The zero-order chi connectivity index (χ0) is 26.3. The molecule has 2 aliphatic carbocycles. The fourth-order valence-electron chi connectivity index (χ4n) is 6.66. The lowest BCUT2D eigenvalue weighted by Crippen LogP contribution is -2.64. The first-order valence-electron chi connectivity index (χ1n) is 13.2. The van der Waals surface area contributed by atoms with Gasteiger partial charge in [0.1, 0.15) is 13.2 Å². The summed E-state index contributed by atoms with van der Waals surface area (Å²) >= 11 is 3.55. The predicted octanol–water partition coefficient (Wildman–Crippen LogP) is 6.71. The van der Waals surface area contributed by atoms with Crippen molar-refractivity contribution >= 4 is 28.0 Å². The number of carboxylic acid groups (broad SMARTS) is 1. The van der Waals surface area contributed by atoms with Gasteiger partial charge >= 0.3 is 12.1 Å². The predicted molar refractivity (Wildman–Crippen MR) is 147 cm³/mol. The Hall–Kier alpha value is -3.16. The first-order valence-corrected chi connectivity index (χ1v) is 13.9. The molecule has 0 radical (unpaired) electrons. The van der Waals surface area contributed by atoms with E-state index in [-0.39, 0.29) is 25.2 Å². The number of likely N-dealkylation sites (tertiary alicyclic amines) is 1. The number of nitrogens with zero attached hydrogens (tertiary/aromatic N) is 1. The summed E-state index contributed by atoms with van der Waals surface area (Å²) in [6.07, 6.45) is 3.47. The number of carbonyl (C=O) groups is 2. The molecule has 1 atom stereocenters. The van der Waals surface area contributed by atoms with E-state index in [9.17, 15) is 14.7 Å². The lowest BCUT2D eigenvalue weighted by atomic mass is 9.64. The summed E-state index contributed by atoms with van der Waals surface area (Å²) < 4.78 is 13.1. The number of ether oxygens (including phenoxy) is 2. The van der Waals surface area contributed by atoms with Crippen LogP contribution in [0.25, 0.3) is 11.1 Å². The van der Waals surface area contributed by atoms with E-state index in [1.165, 1.54) is 22.3 Å². The van der Waals surface area contributed by atoms with Crippen molar-refractivity contribution in [2.75, 3.05) is 19.8 Å². The third-order valence-corrected chi connectivity index (χ3v) is 9.08. The van der Waals surface area contributed by atoms with Crippen molar-refractivity contribution in [1.29, 1.82) is 0 Å². The molecule has 1 N–H and O–H groups in total. The molecule has 6 rings (SSSR count). The summed E-state index contributed by atoms with van der Waals surface area (Å²) in [5, 5.41) is 9.40. The molecule has 3 aromatic rings. The van der Waals surface area contributed by atoms with E-state index in [1.807, 2.05) is 53.4 Å². The van der Waals surface area contributed by atoms with E-state index in [4.69, 9.17) is 9.47 Å². The summed E-state index contributed by atoms with van der Waals surface area (Å²) in [7, 11) is 0. The van der Waals surface area contributed by atoms with Crippen LogP contribution in [0.1, 0.15) is 54.7 Å². The number of piperidine rings is 1. The summed E-state index contributed by atoms with van der Waals surface area (Å²) in [6, 6.07) is 24.5. The number of carbonyl (C=O) groups excluding carboxylic acids is 1. The second-order valence-electron chi connectivity index (χ2n) is 10.6. The monoisotopic (exact) mass is 575 g/mol. The highest BCUT2D eigenvalue weighted by molar-refractivity contribution is 9.10. The molecule has 7 heteroatoms. The zero-order valence-electron chi connectivity index (χ0n) is 21.1. The van der Waals surface area contributed by atoms with Crippen LogP contribution in [0.5, 0.6) is 0 Å². The van der Waals surface area contributed by atoms with Gasteiger partial charge in [-0.05, 0) is 65.6 Å². The number of rotatable bonds is 6. The van der Waals surface area contributed by atoms with Crippen LogP contribution in [-0.2, 0) is 19.9 Å². The third kappa shape index (κ3) is 4.31. The lowest BCUT2D eigenvalue weighted by molar-refractivity contribution is -0.169. The van der Waals surface area contributed by atoms with Crippen LogP contribution in [0, 0.1) is 0 Å². The molecule has 1 heterocycles. The normalized spacial score (nSPS) is 21.4. The van der Waals surface area contributed by atoms with Gasteiger partial charge in [0.25, 0.3) is 0 Å². The summed E-state index contributed by atoms with van der Waals surface area (Å²) in [5.74, 6) is -0.992. The molecule has 1 saturated heterocycles. The maximum Gasteiger partial charge on any atom is 0.410 e. The average Bonchev–Trinajstić information content (AvgIpc) is 3.23. The standard InChI is InChI=1S/C31H30BrNO5/c32-22-8-5-7-21(17-22)31(38-19-28(34)35)15-16-33(30(20-31)13-6-14-30)29(36)37-18-27-25-11-3-1-9-23(25)24-10-2-4-12-26(24)27/h1-5,7-12,17,27H,6,13-16,18-20H2,(H,34,35). The van der Waals surface area contributed by atoms with Gasteiger partial charge in [0.15, 0.2) is 0 Å². The third-order valence-electron chi connectivity index (χ3n) is 8.59. The SMILES string of the molecule is O=C(O)COC1(c2cccc(Br)c2)CCN(C(=O)OCC2c3ccccc3-c3ccccc32)C2(CCC2)C1. The van der Waals surface area contributed by atoms with Crippen LogP contribution >= 0.6 is 15.9 Å². The van der Waals surface area contributed by atoms with Gasteiger partial charge in [0.2, 0.25) is 0 Å². The highest BCUT2D eigenvalue weighted by Crippen LogP contribution is 2.53. The van der Waals surface area contributed by atoms with Crippen LogP contribution in [0.4, 0.5) is 4.79 Å². The number of hydrogen-bond donors (Lipinski definition) is 1. The zero-order valence-corrected chi connectivity index (χ0v) is 22.7. The van der Waals surface area contributed by atoms with Gasteiger partial charge in [0.05, 0.1) is 5.60 Å². The van der Waals surface area contributed by atoms with Crippen molar-refractivity contribution in [1.82, 2.24) is 4.90 Å². The quantitative estimate of drug-likeness (QED) is 0.353. The maximum absolute atomic E-state index is 13.6. The first kappa shape index (κ1) is 25.1. The average molecular weight is 576 g/mol. The molecule has 196 valence electrons. The van der Waals surface area contributed by atoms with E-state index in [0.29, 0.717) is 19.4 Å². The summed E-state index contributed by atoms with van der Waals surface area (Å²) in [4.78, 5) is 27.0. The molecule has 1 amide bonds. The fourth-order valence-corrected chi connectivity index (χ4v) is 7.06. The molecule has 3 aromatic carbocycles. The van der Waals surface area contributed by atoms with Crippen LogP contribution in [-0.4, -0.2) is 47.4 Å². The topological polar surface area (TPSA) is 76.1 Å². The molecular formula is C31H30BrNO5. The lowest BCUT2D eigenvalue weighted by Gasteiger charge is -2.57. The number of fused-ring (bicyclic) bond motifs is 3. The molecule has 1 aliphatic heterocycles. The van der Waals surface area contributed by atoms with Crippen LogP contribution in [0.15, 0.2) is 77.3 Å². The molecular weight excluding hydrogens is 546 g/mol. The Labute approximate surface area is 230 Å². The minimum atomic E-state index is -0.999. The molecule has 1 saturated carbocycles. The summed E-state index contributed by atoms with van der Waals surface area (Å²) in [5.41, 5.74) is 4.54. The van der Waals surface area contributed by atoms with E-state index in [2.05, 4.69) is 40.2 Å². The molecule has 6 nitrogen and oxygen atoms in total. The Morgan fingerprint density at radius 2 is 1.63 bits per heavy atom. The molecule has 1 spiro atoms. The van der Waals surface area contributed by atoms with Crippen LogP contribution < -0.4 is 0 Å². The Morgan fingerprint density at radius 1 is 0.947 bits per heavy atom. The molecule has 0 aromatic heterocycles. The van der Waals surface area contributed by atoms with E-state index in [1.54, 1.807) is 0 Å². The number of halogens is 1. The van der Waals surface area contributed by atoms with Crippen molar-refractivity contribution in [2.24, 2.45) is 0 Å². The van der Waals surface area contributed by atoms with Crippen molar-refractivity contribution in [2.45, 2.75) is 49.2 Å². The van der Waals surface area contributed by atoms with Crippen molar-refractivity contribution in [3.63, 3.8) is 0 Å². The number of benzene rings is 3. The first-order chi connectivity index (χ1) is 18.4. The Morgan fingerprint density at radius 3 is 2.24 bits per heavy atom. The maximum atomic E-state index is 13.6. The minimum Gasteiger partial charge on any atom is -0.480 e. The van der Waals surface area contributed by atoms with E-state index >= 15 is 0 Å². The fraction of sp³-hybridized carbons (Fsp3) is 0.355. The molecule has 38 heavy (non-hydrogen) atoms. The van der Waals surface area contributed by atoms with Gasteiger partial charge in [-0.15, -0.1) is 0 Å². The van der Waals surface area contributed by atoms with Gasteiger partial charge in [-0.3, -0.25) is 0 Å². The second kappa shape index (κ2) is 9.86. The van der Waals surface area contributed by atoms with Crippen molar-refractivity contribution in [3.8, 4) is 11.1 Å². The van der Waals surface area contributed by atoms with Crippen molar-refractivity contribution in [3.05, 3.63) is 94.0 Å². The van der Waals surface area contributed by atoms with Crippen molar-refractivity contribution < 1.29 is 24.2 Å². The number of carboxylic acids is 1. The Kier molecular flexibility index (Phi) is 6.52. The van der Waals surface area contributed by atoms with E-state index < -0.39 is 17.1 Å². The smallest absolute Gasteiger partial charge is 0.410 e. The largest absolute Gasteiger partial charge is 0.480 e. The van der Waals surface area contributed by atoms with Crippen LogP contribution in [0.2, 0.25) is 0 Å². The number of amides is 1. The number of hydrogen-bond acceptors (Lipinski definition) is 4. The Balaban J connectivity index is 1.23. The van der Waals surface area contributed by atoms with Crippen LogP contribution in [0.3, 0.4) is 0 Å². The highest BCUT2D eigenvalue weighted by atomic mass is 79.9. The second-order valence-corrected chi connectivity index (χ2v) is 11.6. The summed E-state index contributed by atoms with van der Waals surface area (Å²) in [6.45, 7) is 0.349. The van der Waals surface area contributed by atoms with E-state index in [0.717, 1.165) is 29.3 Å².